The summed E-state index contributed by atoms with van der Waals surface area (Å²) in [6, 6.07) is 0. The molecule has 0 aromatic heterocycles. The molecule has 7 aliphatic rings. The Morgan fingerprint density at radius 2 is 1.48 bits per heavy atom. The number of ether oxygens (including phenoxy) is 3. The summed E-state index contributed by atoms with van der Waals surface area (Å²) >= 11 is 0. The van der Waals surface area contributed by atoms with Crippen molar-refractivity contribution >= 4 is 0 Å². The Kier molecular flexibility index (Phi) is 7.65. The van der Waals surface area contributed by atoms with Gasteiger partial charge in [-0.25, -0.2) is 0 Å². The van der Waals surface area contributed by atoms with Crippen molar-refractivity contribution in [1.29, 1.82) is 0 Å². The molecule has 10 nitrogen and oxygen atoms in total. The maximum absolute atomic E-state index is 12.2. The molecule has 7 N–H and O–H groups in total. The van der Waals surface area contributed by atoms with Crippen LogP contribution in [-0.4, -0.2) is 109 Å². The molecule has 0 amide bonds. The summed E-state index contributed by atoms with van der Waals surface area (Å²) in [5, 5.41) is 75.9. The third kappa shape index (κ3) is 4.24. The number of hydrogen-bond donors (Lipinski definition) is 7. The number of rotatable bonds is 5. The molecule has 0 aromatic carbocycles. The van der Waals surface area contributed by atoms with E-state index in [0.29, 0.717) is 19.3 Å². The lowest BCUT2D eigenvalue weighted by molar-refractivity contribution is -0.329. The third-order valence-electron chi connectivity index (χ3n) is 15.9. The second-order valence-corrected chi connectivity index (χ2v) is 18.7. The normalized spacial score (nSPS) is 59.3. The van der Waals surface area contributed by atoms with Gasteiger partial charge in [0.2, 0.25) is 0 Å². The van der Waals surface area contributed by atoms with E-state index in [1.54, 1.807) is 0 Å². The fraction of sp³-hybridized carbons (Fsp3) is 1.00. The van der Waals surface area contributed by atoms with Crippen LogP contribution >= 0.6 is 0 Å². The lowest BCUT2D eigenvalue weighted by atomic mass is 9.41. The SMILES string of the molecule is CC(C)(O)[C@H]1CC[C@@](C)([C@H]2[C@@H](O)C[C@@]3(C)[C@@H]4C[C@H](O)[C@H]5C(C)(C)[C@@H](O[C@@H]6O[C@H](CO)[C@@H](O)[C@H](O)[C@H]6O)CC[C@@]56C[C@@]46CC[C@]23C)O1. The van der Waals surface area contributed by atoms with Gasteiger partial charge >= 0.3 is 0 Å². The highest BCUT2D eigenvalue weighted by Gasteiger charge is 2.85. The summed E-state index contributed by atoms with van der Waals surface area (Å²) in [5.41, 5.74) is -2.26. The van der Waals surface area contributed by atoms with E-state index < -0.39 is 66.1 Å². The molecule has 7 fully saturated rings. The summed E-state index contributed by atoms with van der Waals surface area (Å²) < 4.78 is 18.8. The maximum Gasteiger partial charge on any atom is 0.186 e. The summed E-state index contributed by atoms with van der Waals surface area (Å²) in [6.45, 7) is 14.3. The number of aliphatic hydroxyl groups excluding tert-OH is 6. The number of fused-ring (bicyclic) bond motifs is 2. The van der Waals surface area contributed by atoms with Gasteiger partial charge in [0.05, 0.1) is 42.2 Å². The Labute approximate surface area is 273 Å². The number of hydrogen-bond acceptors (Lipinski definition) is 10. The molecule has 0 radical (unpaired) electrons. The first kappa shape index (κ1) is 34.1. The highest BCUT2D eigenvalue weighted by Crippen LogP contribution is 2.89. The number of aliphatic hydroxyl groups is 7. The predicted octanol–water partition coefficient (Wildman–Crippen LogP) is 2.26. The lowest BCUT2D eigenvalue weighted by Gasteiger charge is -2.64. The van der Waals surface area contributed by atoms with Crippen LogP contribution in [-0.2, 0) is 14.2 Å². The lowest BCUT2D eigenvalue weighted by Crippen LogP contribution is -2.64. The fourth-order valence-corrected chi connectivity index (χ4v) is 13.7. The standard InChI is InChI=1S/C36H60O10/c1-30(2)22(45-29-26(42)25(41)24(40)20(16-37)44-29)9-11-36-17-35(36)13-12-32(5)28(34(7)10-8-23(46-34)31(3,4)43)19(39)15-33(32,6)21(35)14-18(38)27(30)36/h18-29,37-43H,8-17H2,1-7H3/t18-,19-,20+,21-,22-,23+,24+,25-,26+,27-,28-,29-,32+,33-,34-,35-,36+/m0/s1. The average molecular weight is 653 g/mol. The van der Waals surface area contributed by atoms with Gasteiger partial charge in [-0.3, -0.25) is 0 Å². The van der Waals surface area contributed by atoms with E-state index in [1.807, 2.05) is 13.8 Å². The molecule has 7 rings (SSSR count). The zero-order chi connectivity index (χ0) is 33.6. The van der Waals surface area contributed by atoms with Gasteiger partial charge in [-0.2, -0.15) is 0 Å². The zero-order valence-corrected chi connectivity index (χ0v) is 28.9. The molecule has 2 saturated heterocycles. The zero-order valence-electron chi connectivity index (χ0n) is 28.9. The molecule has 46 heavy (non-hydrogen) atoms. The Bertz CT molecular complexity index is 1200. The highest BCUT2D eigenvalue weighted by molar-refractivity contribution is 5.33. The van der Waals surface area contributed by atoms with Crippen LogP contribution < -0.4 is 0 Å². The van der Waals surface area contributed by atoms with Crippen LogP contribution in [0.15, 0.2) is 0 Å². The minimum absolute atomic E-state index is 0.0295. The Hall–Kier alpha value is -0.400. The van der Waals surface area contributed by atoms with Gasteiger partial charge in [0, 0.05) is 5.92 Å². The molecular formula is C36H60O10. The van der Waals surface area contributed by atoms with E-state index in [9.17, 15) is 35.7 Å². The molecule has 5 saturated carbocycles. The van der Waals surface area contributed by atoms with Crippen molar-refractivity contribution in [2.45, 2.75) is 173 Å². The van der Waals surface area contributed by atoms with Gasteiger partial charge in [-0.05, 0) is 117 Å². The van der Waals surface area contributed by atoms with Gasteiger partial charge in [0.1, 0.15) is 24.4 Å². The average Bonchev–Trinajstić information content (AvgIpc) is 3.31. The van der Waals surface area contributed by atoms with Crippen LogP contribution in [0.25, 0.3) is 0 Å². The van der Waals surface area contributed by atoms with Gasteiger partial charge in [0.15, 0.2) is 6.29 Å². The molecule has 2 spiro atoms. The molecule has 264 valence electrons. The van der Waals surface area contributed by atoms with E-state index in [0.717, 1.165) is 38.5 Å². The molecular weight excluding hydrogens is 592 g/mol. The minimum atomic E-state index is -1.50. The van der Waals surface area contributed by atoms with E-state index in [4.69, 9.17) is 14.2 Å². The van der Waals surface area contributed by atoms with Crippen LogP contribution in [0.1, 0.15) is 106 Å². The summed E-state index contributed by atoms with van der Waals surface area (Å²) in [7, 11) is 0. The second kappa shape index (κ2) is 10.3. The molecule has 10 heteroatoms. The van der Waals surface area contributed by atoms with Crippen molar-refractivity contribution in [2.75, 3.05) is 6.61 Å². The topological polar surface area (TPSA) is 169 Å². The largest absolute Gasteiger partial charge is 0.394 e. The molecule has 0 unspecified atom stereocenters. The maximum atomic E-state index is 12.2. The fourth-order valence-electron chi connectivity index (χ4n) is 13.7. The Morgan fingerprint density at radius 3 is 2.11 bits per heavy atom. The predicted molar refractivity (Wildman–Crippen MR) is 167 cm³/mol. The van der Waals surface area contributed by atoms with Crippen LogP contribution in [0.5, 0.6) is 0 Å². The summed E-state index contributed by atoms with van der Waals surface area (Å²) in [6.07, 6.45) is -0.708. The molecule has 17 atom stereocenters. The quantitative estimate of drug-likeness (QED) is 0.219. The van der Waals surface area contributed by atoms with E-state index in [2.05, 4.69) is 34.6 Å². The van der Waals surface area contributed by atoms with Crippen LogP contribution in [0.2, 0.25) is 0 Å². The third-order valence-corrected chi connectivity index (χ3v) is 15.9. The van der Waals surface area contributed by atoms with Crippen LogP contribution in [0, 0.1) is 44.8 Å². The van der Waals surface area contributed by atoms with Gasteiger partial charge in [-0.1, -0.05) is 27.7 Å². The molecule has 5 aliphatic carbocycles. The monoisotopic (exact) mass is 652 g/mol. The van der Waals surface area contributed by atoms with E-state index in [-0.39, 0.29) is 51.6 Å². The van der Waals surface area contributed by atoms with Crippen LogP contribution in [0.3, 0.4) is 0 Å². The second-order valence-electron chi connectivity index (χ2n) is 18.7. The van der Waals surface area contributed by atoms with Crippen LogP contribution in [0.4, 0.5) is 0 Å². The molecule has 2 aliphatic heterocycles. The van der Waals surface area contributed by atoms with Crippen molar-refractivity contribution < 1.29 is 50.0 Å². The Morgan fingerprint density at radius 1 is 0.783 bits per heavy atom. The molecule has 0 aromatic rings. The first-order chi connectivity index (χ1) is 21.2. The van der Waals surface area contributed by atoms with Crippen molar-refractivity contribution in [3.63, 3.8) is 0 Å². The summed E-state index contributed by atoms with van der Waals surface area (Å²) in [5.74, 6) is 0.176. The van der Waals surface area contributed by atoms with Crippen molar-refractivity contribution in [2.24, 2.45) is 44.8 Å². The van der Waals surface area contributed by atoms with Gasteiger partial charge in [-0.15, -0.1) is 0 Å². The molecule has 2 heterocycles. The minimum Gasteiger partial charge on any atom is -0.394 e. The van der Waals surface area contributed by atoms with Crippen molar-refractivity contribution in [1.82, 2.24) is 0 Å². The van der Waals surface area contributed by atoms with Crippen molar-refractivity contribution in [3.8, 4) is 0 Å². The van der Waals surface area contributed by atoms with Crippen molar-refractivity contribution in [3.05, 3.63) is 0 Å². The van der Waals surface area contributed by atoms with Gasteiger partial charge < -0.3 is 50.0 Å². The summed E-state index contributed by atoms with van der Waals surface area (Å²) in [4.78, 5) is 0. The van der Waals surface area contributed by atoms with E-state index >= 15 is 0 Å². The van der Waals surface area contributed by atoms with Gasteiger partial charge in [0.25, 0.3) is 0 Å². The highest BCUT2D eigenvalue weighted by atomic mass is 16.7. The molecule has 0 bridgehead atoms. The Balaban J connectivity index is 1.15. The van der Waals surface area contributed by atoms with E-state index in [1.165, 1.54) is 0 Å². The smallest absolute Gasteiger partial charge is 0.186 e. The first-order valence-corrected chi connectivity index (χ1v) is 17.9. The first-order valence-electron chi connectivity index (χ1n) is 17.9.